The normalized spacial score (nSPS) is 21.3. The summed E-state index contributed by atoms with van der Waals surface area (Å²) in [4.78, 5) is 5.54. The summed E-state index contributed by atoms with van der Waals surface area (Å²) in [6.45, 7) is 6.75. The number of rotatable bonds is 2. The highest BCUT2D eigenvalue weighted by Gasteiger charge is 2.28. The Labute approximate surface area is 143 Å². The fourth-order valence-corrected chi connectivity index (χ4v) is 4.81. The molecule has 1 atom stereocenters. The van der Waals surface area contributed by atoms with Crippen molar-refractivity contribution >= 4 is 11.8 Å². The minimum atomic E-state index is 0.509. The van der Waals surface area contributed by atoms with Crippen LogP contribution in [-0.4, -0.2) is 31.1 Å². The van der Waals surface area contributed by atoms with E-state index in [1.54, 1.807) is 0 Å². The molecule has 0 bridgehead atoms. The Morgan fingerprint density at radius 3 is 2.74 bits per heavy atom. The van der Waals surface area contributed by atoms with Crippen molar-refractivity contribution in [2.24, 2.45) is 0 Å². The van der Waals surface area contributed by atoms with Crippen molar-refractivity contribution in [3.8, 4) is 0 Å². The summed E-state index contributed by atoms with van der Waals surface area (Å²) in [5.74, 6) is 0. The Kier molecular flexibility index (Phi) is 4.43. The van der Waals surface area contributed by atoms with Gasteiger partial charge in [-0.1, -0.05) is 49.0 Å². The van der Waals surface area contributed by atoms with E-state index in [0.717, 1.165) is 39.0 Å². The van der Waals surface area contributed by atoms with Crippen molar-refractivity contribution in [1.29, 1.82) is 0 Å². The lowest BCUT2D eigenvalue weighted by Gasteiger charge is -2.35. The van der Waals surface area contributed by atoms with Gasteiger partial charge in [0, 0.05) is 42.0 Å². The summed E-state index contributed by atoms with van der Waals surface area (Å²) < 4.78 is 0. The number of aryl methyl sites for hydroxylation is 1. The summed E-state index contributed by atoms with van der Waals surface area (Å²) in [6.07, 6.45) is 2.24. The number of hydrogen-bond donors (Lipinski definition) is 1. The number of piperazine rings is 1. The molecule has 3 heteroatoms. The van der Waals surface area contributed by atoms with Crippen molar-refractivity contribution in [1.82, 2.24) is 10.2 Å². The highest BCUT2D eigenvalue weighted by atomic mass is 32.2. The third-order valence-corrected chi connectivity index (χ3v) is 6.25. The zero-order valence-corrected chi connectivity index (χ0v) is 14.5. The first-order valence-electron chi connectivity index (χ1n) is 8.68. The summed E-state index contributed by atoms with van der Waals surface area (Å²) in [6, 6.07) is 16.5. The standard InChI is InChI=1S/C20H24N2S/c1-2-15-7-8-20-17(13-15)18(22-11-9-21-10-12-22)14-16-5-3-4-6-19(16)23-20/h3-8,13,18,21H,2,9-12,14H2,1H3. The van der Waals surface area contributed by atoms with Gasteiger partial charge in [-0.2, -0.15) is 0 Å². The molecule has 0 aromatic heterocycles. The van der Waals surface area contributed by atoms with Gasteiger partial charge in [-0.25, -0.2) is 0 Å². The van der Waals surface area contributed by atoms with Crippen molar-refractivity contribution < 1.29 is 0 Å². The van der Waals surface area contributed by atoms with E-state index in [-0.39, 0.29) is 0 Å². The monoisotopic (exact) mass is 324 g/mol. The largest absolute Gasteiger partial charge is 0.314 e. The molecular weight excluding hydrogens is 300 g/mol. The average Bonchev–Trinajstić information content (AvgIpc) is 2.78. The fraction of sp³-hybridized carbons (Fsp3) is 0.400. The Morgan fingerprint density at radius 1 is 1.09 bits per heavy atom. The second-order valence-corrected chi connectivity index (χ2v) is 7.53. The van der Waals surface area contributed by atoms with Crippen LogP contribution in [0, 0.1) is 0 Å². The quantitative estimate of drug-likeness (QED) is 0.902. The number of nitrogens with one attached hydrogen (secondary N) is 1. The Bertz CT molecular complexity index is 692. The van der Waals surface area contributed by atoms with Crippen molar-refractivity contribution in [2.75, 3.05) is 26.2 Å². The molecule has 2 aromatic rings. The van der Waals surface area contributed by atoms with Gasteiger partial charge in [0.05, 0.1) is 0 Å². The highest BCUT2D eigenvalue weighted by molar-refractivity contribution is 7.99. The lowest BCUT2D eigenvalue weighted by Crippen LogP contribution is -2.45. The first kappa shape index (κ1) is 15.3. The minimum Gasteiger partial charge on any atom is -0.314 e. The van der Waals surface area contributed by atoms with Gasteiger partial charge in [-0.3, -0.25) is 4.90 Å². The predicted octanol–water partition coefficient (Wildman–Crippen LogP) is 3.90. The molecule has 120 valence electrons. The Morgan fingerprint density at radius 2 is 1.91 bits per heavy atom. The average molecular weight is 324 g/mol. The van der Waals surface area contributed by atoms with Crippen molar-refractivity contribution in [3.63, 3.8) is 0 Å². The van der Waals surface area contributed by atoms with Crippen LogP contribution in [0.2, 0.25) is 0 Å². The lowest BCUT2D eigenvalue weighted by atomic mass is 9.95. The molecule has 0 amide bonds. The van der Waals surface area contributed by atoms with Gasteiger partial charge in [-0.15, -0.1) is 0 Å². The van der Waals surface area contributed by atoms with Crippen LogP contribution in [0.15, 0.2) is 52.3 Å². The van der Waals surface area contributed by atoms with Gasteiger partial charge in [-0.05, 0) is 41.7 Å². The third kappa shape index (κ3) is 3.06. The number of benzene rings is 2. The van der Waals surface area contributed by atoms with E-state index in [1.807, 2.05) is 11.8 Å². The molecule has 2 aliphatic rings. The zero-order valence-electron chi connectivity index (χ0n) is 13.7. The molecular formula is C20H24N2S. The number of fused-ring (bicyclic) bond motifs is 2. The second kappa shape index (κ2) is 6.68. The molecule has 2 nitrogen and oxygen atoms in total. The van der Waals surface area contributed by atoms with Crippen LogP contribution in [0.4, 0.5) is 0 Å². The molecule has 0 spiro atoms. The topological polar surface area (TPSA) is 15.3 Å². The molecule has 23 heavy (non-hydrogen) atoms. The van der Waals surface area contributed by atoms with E-state index in [2.05, 4.69) is 59.6 Å². The van der Waals surface area contributed by atoms with E-state index >= 15 is 0 Å². The van der Waals surface area contributed by atoms with Gasteiger partial charge >= 0.3 is 0 Å². The Balaban J connectivity index is 1.79. The predicted molar refractivity (Wildman–Crippen MR) is 97.3 cm³/mol. The van der Waals surface area contributed by atoms with Crippen LogP contribution in [-0.2, 0) is 12.8 Å². The molecule has 2 aliphatic heterocycles. The summed E-state index contributed by atoms with van der Waals surface area (Å²) >= 11 is 1.95. The lowest BCUT2D eigenvalue weighted by molar-refractivity contribution is 0.170. The smallest absolute Gasteiger partial charge is 0.0401 e. The number of nitrogens with zero attached hydrogens (tertiary/aromatic N) is 1. The van der Waals surface area contributed by atoms with Gasteiger partial charge in [0.2, 0.25) is 0 Å². The van der Waals surface area contributed by atoms with Crippen molar-refractivity contribution in [3.05, 3.63) is 59.2 Å². The first-order chi connectivity index (χ1) is 11.3. The highest BCUT2D eigenvalue weighted by Crippen LogP contribution is 2.43. The maximum atomic E-state index is 3.49. The van der Waals surface area contributed by atoms with Gasteiger partial charge in [0.25, 0.3) is 0 Å². The fourth-order valence-electron chi connectivity index (χ4n) is 3.70. The van der Waals surface area contributed by atoms with Crippen LogP contribution in [0.1, 0.15) is 29.7 Å². The van der Waals surface area contributed by atoms with Crippen LogP contribution < -0.4 is 5.32 Å². The van der Waals surface area contributed by atoms with E-state index in [9.17, 15) is 0 Å². The maximum Gasteiger partial charge on any atom is 0.0401 e. The molecule has 0 radical (unpaired) electrons. The summed E-state index contributed by atoms with van der Waals surface area (Å²) in [5.41, 5.74) is 4.48. The van der Waals surface area contributed by atoms with Crippen molar-refractivity contribution in [2.45, 2.75) is 35.6 Å². The molecule has 1 fully saturated rings. The molecule has 0 saturated carbocycles. The maximum absolute atomic E-state index is 3.49. The first-order valence-corrected chi connectivity index (χ1v) is 9.50. The molecule has 2 aromatic carbocycles. The Hall–Kier alpha value is -1.29. The SMILES string of the molecule is CCc1ccc2c(c1)C(N1CCNCC1)Cc1ccccc1S2. The van der Waals surface area contributed by atoms with Gasteiger partial charge < -0.3 is 5.32 Å². The summed E-state index contributed by atoms with van der Waals surface area (Å²) in [7, 11) is 0. The molecule has 1 unspecified atom stereocenters. The van der Waals surface area contributed by atoms with Gasteiger partial charge in [0.1, 0.15) is 0 Å². The van der Waals surface area contributed by atoms with Crippen LogP contribution in [0.25, 0.3) is 0 Å². The van der Waals surface area contributed by atoms with E-state index < -0.39 is 0 Å². The van der Waals surface area contributed by atoms with E-state index in [1.165, 1.54) is 26.5 Å². The summed E-state index contributed by atoms with van der Waals surface area (Å²) in [5, 5.41) is 3.49. The molecule has 1 saturated heterocycles. The van der Waals surface area contributed by atoms with Gasteiger partial charge in [0.15, 0.2) is 0 Å². The number of hydrogen-bond acceptors (Lipinski definition) is 3. The molecule has 4 rings (SSSR count). The molecule has 1 N–H and O–H groups in total. The second-order valence-electron chi connectivity index (χ2n) is 6.44. The zero-order chi connectivity index (χ0) is 15.6. The third-order valence-electron chi connectivity index (χ3n) is 5.04. The van der Waals surface area contributed by atoms with E-state index in [0.29, 0.717) is 6.04 Å². The van der Waals surface area contributed by atoms with Crippen LogP contribution >= 0.6 is 11.8 Å². The van der Waals surface area contributed by atoms with E-state index in [4.69, 9.17) is 0 Å². The minimum absolute atomic E-state index is 0.509. The van der Waals surface area contributed by atoms with Crippen LogP contribution in [0.3, 0.4) is 0 Å². The van der Waals surface area contributed by atoms with Crippen LogP contribution in [0.5, 0.6) is 0 Å². The molecule has 2 heterocycles. The molecule has 0 aliphatic carbocycles.